The summed E-state index contributed by atoms with van der Waals surface area (Å²) in [7, 11) is 3.08. The number of benzene rings is 2. The first-order chi connectivity index (χ1) is 14.4. The van der Waals surface area contributed by atoms with Gasteiger partial charge in [-0.05, 0) is 36.8 Å². The average Bonchev–Trinajstić information content (AvgIpc) is 2.97. The summed E-state index contributed by atoms with van der Waals surface area (Å²) in [4.78, 5) is 28.4. The highest BCUT2D eigenvalue weighted by molar-refractivity contribution is 8.04. The number of ether oxygens (including phenoxy) is 3. The van der Waals surface area contributed by atoms with E-state index in [2.05, 4.69) is 0 Å². The molecule has 1 heterocycles. The van der Waals surface area contributed by atoms with Crippen LogP contribution in [0.3, 0.4) is 0 Å². The molecule has 0 bridgehead atoms. The number of carbonyl (C=O) groups excluding carboxylic acids is 2. The molecule has 0 spiro atoms. The van der Waals surface area contributed by atoms with Crippen molar-refractivity contribution in [2.45, 2.75) is 26.0 Å². The molecule has 0 aliphatic carbocycles. The van der Waals surface area contributed by atoms with Crippen molar-refractivity contribution in [2.75, 3.05) is 25.7 Å². The smallest absolute Gasteiger partial charge is 0.272 e. The predicted octanol–water partition coefficient (Wildman–Crippen LogP) is 4.53. The number of nitrogens with zero attached hydrogens (tertiary/aromatic N) is 1. The van der Waals surface area contributed by atoms with E-state index >= 15 is 0 Å². The van der Waals surface area contributed by atoms with Crippen molar-refractivity contribution in [1.29, 1.82) is 0 Å². The third kappa shape index (κ3) is 4.16. The minimum Gasteiger partial charge on any atom is -0.494 e. The van der Waals surface area contributed by atoms with E-state index < -0.39 is 0 Å². The van der Waals surface area contributed by atoms with Crippen LogP contribution in [0.25, 0.3) is 5.57 Å². The van der Waals surface area contributed by atoms with Crippen LogP contribution in [-0.4, -0.2) is 37.9 Å². The Bertz CT molecular complexity index is 999. The van der Waals surface area contributed by atoms with Crippen molar-refractivity contribution in [3.05, 3.63) is 52.9 Å². The van der Waals surface area contributed by atoms with Crippen LogP contribution < -0.4 is 19.1 Å². The number of hydrogen-bond donors (Lipinski definition) is 0. The molecule has 7 heteroatoms. The van der Waals surface area contributed by atoms with Crippen LogP contribution in [0.1, 0.15) is 26.3 Å². The SMILES string of the molecule is CCOc1cccc(N2C(=O)C(SC(C)C)=C(c3ccc(OC)c(OC)c3)C2=O)c1. The molecule has 0 N–H and O–H groups in total. The summed E-state index contributed by atoms with van der Waals surface area (Å²) < 4.78 is 16.2. The fraction of sp³-hybridized carbons (Fsp3) is 0.304. The van der Waals surface area contributed by atoms with Crippen molar-refractivity contribution in [2.24, 2.45) is 0 Å². The highest BCUT2D eigenvalue weighted by Crippen LogP contribution is 2.42. The number of anilines is 1. The molecule has 158 valence electrons. The minimum absolute atomic E-state index is 0.126. The van der Waals surface area contributed by atoms with E-state index in [1.165, 1.54) is 23.8 Å². The maximum absolute atomic E-state index is 13.5. The van der Waals surface area contributed by atoms with Crippen molar-refractivity contribution in [3.8, 4) is 17.2 Å². The van der Waals surface area contributed by atoms with E-state index in [0.29, 0.717) is 45.6 Å². The van der Waals surface area contributed by atoms with Gasteiger partial charge in [-0.3, -0.25) is 9.59 Å². The number of amides is 2. The van der Waals surface area contributed by atoms with Gasteiger partial charge in [0.05, 0.1) is 37.0 Å². The van der Waals surface area contributed by atoms with E-state index in [4.69, 9.17) is 14.2 Å². The van der Waals surface area contributed by atoms with E-state index in [1.54, 1.807) is 49.6 Å². The van der Waals surface area contributed by atoms with Crippen LogP contribution in [0.15, 0.2) is 47.4 Å². The molecule has 0 atom stereocenters. The van der Waals surface area contributed by atoms with Crippen molar-refractivity contribution in [3.63, 3.8) is 0 Å². The Morgan fingerprint density at radius 3 is 2.33 bits per heavy atom. The van der Waals surface area contributed by atoms with Gasteiger partial charge in [0.25, 0.3) is 11.8 Å². The number of hydrogen-bond acceptors (Lipinski definition) is 6. The zero-order valence-electron chi connectivity index (χ0n) is 17.7. The van der Waals surface area contributed by atoms with E-state index in [1.807, 2.05) is 20.8 Å². The van der Waals surface area contributed by atoms with Crippen molar-refractivity contribution in [1.82, 2.24) is 0 Å². The van der Waals surface area contributed by atoms with Crippen LogP contribution in [-0.2, 0) is 9.59 Å². The lowest BCUT2D eigenvalue weighted by Crippen LogP contribution is -2.31. The largest absolute Gasteiger partial charge is 0.494 e. The van der Waals surface area contributed by atoms with Gasteiger partial charge in [0.15, 0.2) is 11.5 Å². The van der Waals surface area contributed by atoms with Crippen molar-refractivity contribution < 1.29 is 23.8 Å². The predicted molar refractivity (Wildman–Crippen MR) is 119 cm³/mol. The summed E-state index contributed by atoms with van der Waals surface area (Å²) in [6, 6.07) is 12.2. The molecule has 0 unspecified atom stereocenters. The van der Waals surface area contributed by atoms with E-state index in [9.17, 15) is 9.59 Å². The van der Waals surface area contributed by atoms with Gasteiger partial charge >= 0.3 is 0 Å². The van der Waals surface area contributed by atoms with Gasteiger partial charge in [-0.1, -0.05) is 26.0 Å². The highest BCUT2D eigenvalue weighted by Gasteiger charge is 2.41. The van der Waals surface area contributed by atoms with Gasteiger partial charge in [0, 0.05) is 11.3 Å². The number of rotatable bonds is 8. The first-order valence-corrected chi connectivity index (χ1v) is 10.5. The van der Waals surface area contributed by atoms with Gasteiger partial charge in [-0.25, -0.2) is 4.90 Å². The number of imide groups is 1. The zero-order valence-corrected chi connectivity index (χ0v) is 18.5. The second-order valence-electron chi connectivity index (χ2n) is 6.82. The summed E-state index contributed by atoms with van der Waals surface area (Å²) in [5.41, 5.74) is 1.45. The molecule has 0 saturated carbocycles. The lowest BCUT2D eigenvalue weighted by Gasteiger charge is -2.16. The second-order valence-corrected chi connectivity index (χ2v) is 8.40. The first-order valence-electron chi connectivity index (χ1n) is 9.66. The molecule has 1 aliphatic rings. The Morgan fingerprint density at radius 2 is 1.70 bits per heavy atom. The molecule has 2 amide bonds. The van der Waals surface area contributed by atoms with E-state index in [-0.39, 0.29) is 17.1 Å². The van der Waals surface area contributed by atoms with Crippen LogP contribution in [0.4, 0.5) is 5.69 Å². The topological polar surface area (TPSA) is 65.1 Å². The Balaban J connectivity index is 2.10. The summed E-state index contributed by atoms with van der Waals surface area (Å²) in [6.07, 6.45) is 0. The molecule has 30 heavy (non-hydrogen) atoms. The highest BCUT2D eigenvalue weighted by atomic mass is 32.2. The van der Waals surface area contributed by atoms with Crippen LogP contribution in [0, 0.1) is 0 Å². The molecule has 3 rings (SSSR count). The van der Waals surface area contributed by atoms with Crippen LogP contribution in [0.2, 0.25) is 0 Å². The lowest BCUT2D eigenvalue weighted by atomic mass is 10.1. The number of methoxy groups -OCH3 is 2. The molecule has 0 radical (unpaired) electrons. The van der Waals surface area contributed by atoms with Gasteiger partial charge in [0.1, 0.15) is 5.75 Å². The summed E-state index contributed by atoms with van der Waals surface area (Å²) in [5.74, 6) is 0.945. The van der Waals surface area contributed by atoms with Crippen molar-refractivity contribution >= 4 is 34.8 Å². The molecule has 2 aromatic rings. The summed E-state index contributed by atoms with van der Waals surface area (Å²) >= 11 is 1.38. The first kappa shape index (κ1) is 21.8. The molecule has 1 aliphatic heterocycles. The van der Waals surface area contributed by atoms with Gasteiger partial charge in [0.2, 0.25) is 0 Å². The molecule has 0 fully saturated rings. The Kier molecular flexibility index (Phi) is 6.72. The number of thioether (sulfide) groups is 1. The average molecular weight is 428 g/mol. The molecular weight excluding hydrogens is 402 g/mol. The molecular formula is C23H25NO5S. The summed E-state index contributed by atoms with van der Waals surface area (Å²) in [5, 5.41) is 0.126. The summed E-state index contributed by atoms with van der Waals surface area (Å²) in [6.45, 7) is 6.35. The maximum Gasteiger partial charge on any atom is 0.272 e. The standard InChI is InChI=1S/C23H25NO5S/c1-6-29-17-9-7-8-16(13-17)24-22(25)20(21(23(24)26)30-14(2)3)15-10-11-18(27-4)19(12-15)28-5/h7-14H,6H2,1-5H3. The zero-order chi connectivity index (χ0) is 21.8. The minimum atomic E-state index is -0.371. The Labute approximate surface area is 180 Å². The Hall–Kier alpha value is -2.93. The molecule has 0 aromatic heterocycles. The number of carbonyl (C=O) groups is 2. The van der Waals surface area contributed by atoms with Gasteiger partial charge in [-0.2, -0.15) is 0 Å². The molecule has 0 saturated heterocycles. The Morgan fingerprint density at radius 1 is 0.967 bits per heavy atom. The van der Waals surface area contributed by atoms with E-state index in [0.717, 1.165) is 0 Å². The second kappa shape index (κ2) is 9.26. The third-order valence-corrected chi connectivity index (χ3v) is 5.54. The van der Waals surface area contributed by atoms with Crippen LogP contribution >= 0.6 is 11.8 Å². The third-order valence-electron chi connectivity index (χ3n) is 4.45. The monoisotopic (exact) mass is 427 g/mol. The lowest BCUT2D eigenvalue weighted by molar-refractivity contribution is -0.119. The molecule has 2 aromatic carbocycles. The normalized spacial score (nSPS) is 14.0. The van der Waals surface area contributed by atoms with Gasteiger partial charge in [-0.15, -0.1) is 11.8 Å². The fourth-order valence-electron chi connectivity index (χ4n) is 3.21. The quantitative estimate of drug-likeness (QED) is 0.577. The fourth-order valence-corrected chi connectivity index (χ4v) is 4.20. The molecule has 6 nitrogen and oxygen atoms in total. The van der Waals surface area contributed by atoms with Gasteiger partial charge < -0.3 is 14.2 Å². The van der Waals surface area contributed by atoms with Crippen LogP contribution in [0.5, 0.6) is 17.2 Å². The maximum atomic E-state index is 13.5.